The van der Waals surface area contributed by atoms with Gasteiger partial charge in [0, 0.05) is 12.1 Å². The Bertz CT molecular complexity index is 302. The summed E-state index contributed by atoms with van der Waals surface area (Å²) in [5.74, 6) is 0.837. The SMILES string of the molecule is CC(C)C(N)c1[c]c(C(N)C(C)C)ccc1. The van der Waals surface area contributed by atoms with Crippen molar-refractivity contribution in [1.82, 2.24) is 0 Å². The molecule has 0 aliphatic heterocycles. The highest BCUT2D eigenvalue weighted by molar-refractivity contribution is 5.27. The summed E-state index contributed by atoms with van der Waals surface area (Å²) in [5.41, 5.74) is 14.3. The van der Waals surface area contributed by atoms with Crippen molar-refractivity contribution in [2.75, 3.05) is 0 Å². The molecule has 2 unspecified atom stereocenters. The molecule has 0 aliphatic carbocycles. The third kappa shape index (κ3) is 3.06. The molecule has 1 aromatic rings. The molecule has 0 fully saturated rings. The number of hydrogen-bond acceptors (Lipinski definition) is 2. The molecule has 0 saturated heterocycles. The van der Waals surface area contributed by atoms with Crippen LogP contribution in [-0.4, -0.2) is 0 Å². The number of rotatable bonds is 4. The summed E-state index contributed by atoms with van der Waals surface area (Å²) in [6, 6.07) is 9.52. The molecule has 0 spiro atoms. The standard InChI is InChI=1S/C14H23N2/c1-9(2)13(15)11-6-5-7-12(8-11)14(16)10(3)4/h5-7,9-10,13-14H,15-16H2,1-4H3. The van der Waals surface area contributed by atoms with Gasteiger partial charge in [-0.25, -0.2) is 0 Å². The van der Waals surface area contributed by atoms with Crippen molar-refractivity contribution in [1.29, 1.82) is 0 Å². The smallest absolute Gasteiger partial charge is 0.0324 e. The van der Waals surface area contributed by atoms with Crippen molar-refractivity contribution in [3.63, 3.8) is 0 Å². The second-order valence-electron chi connectivity index (χ2n) is 5.10. The molecule has 4 N–H and O–H groups in total. The average Bonchev–Trinajstić information content (AvgIpc) is 2.26. The third-order valence-electron chi connectivity index (χ3n) is 2.99. The lowest BCUT2D eigenvalue weighted by Gasteiger charge is -2.20. The number of hydrogen-bond donors (Lipinski definition) is 2. The second-order valence-corrected chi connectivity index (χ2v) is 5.10. The van der Waals surface area contributed by atoms with E-state index in [4.69, 9.17) is 11.5 Å². The van der Waals surface area contributed by atoms with Crippen LogP contribution >= 0.6 is 0 Å². The van der Waals surface area contributed by atoms with Crippen LogP contribution in [0.25, 0.3) is 0 Å². The largest absolute Gasteiger partial charge is 0.324 e. The molecule has 0 bridgehead atoms. The molecule has 2 nitrogen and oxygen atoms in total. The van der Waals surface area contributed by atoms with E-state index in [-0.39, 0.29) is 12.1 Å². The van der Waals surface area contributed by atoms with E-state index >= 15 is 0 Å². The summed E-state index contributed by atoms with van der Waals surface area (Å²) in [7, 11) is 0. The lowest BCUT2D eigenvalue weighted by molar-refractivity contribution is 0.501. The Kier molecular flexibility index (Phi) is 4.51. The van der Waals surface area contributed by atoms with Crippen LogP contribution < -0.4 is 11.5 Å². The first-order valence-corrected chi connectivity index (χ1v) is 5.96. The lowest BCUT2D eigenvalue weighted by Crippen LogP contribution is -2.20. The first kappa shape index (κ1) is 13.2. The van der Waals surface area contributed by atoms with Gasteiger partial charge in [0.05, 0.1) is 0 Å². The van der Waals surface area contributed by atoms with Crippen LogP contribution in [0.15, 0.2) is 18.2 Å². The van der Waals surface area contributed by atoms with Gasteiger partial charge in [0.1, 0.15) is 0 Å². The number of nitrogens with two attached hydrogens (primary N) is 2. The topological polar surface area (TPSA) is 52.0 Å². The van der Waals surface area contributed by atoms with Gasteiger partial charge in [-0.05, 0) is 29.0 Å². The maximum Gasteiger partial charge on any atom is 0.0324 e. The maximum atomic E-state index is 6.11. The minimum absolute atomic E-state index is 0.0410. The normalized spacial score (nSPS) is 15.5. The molecule has 2 heteroatoms. The predicted octanol–water partition coefficient (Wildman–Crippen LogP) is 2.80. The van der Waals surface area contributed by atoms with Crippen molar-refractivity contribution in [3.05, 3.63) is 35.4 Å². The maximum absolute atomic E-state index is 6.11. The van der Waals surface area contributed by atoms with Crippen LogP contribution in [-0.2, 0) is 0 Å². The highest BCUT2D eigenvalue weighted by atomic mass is 14.7. The van der Waals surface area contributed by atoms with Crippen molar-refractivity contribution in [3.8, 4) is 0 Å². The van der Waals surface area contributed by atoms with E-state index in [1.165, 1.54) is 0 Å². The van der Waals surface area contributed by atoms with Gasteiger partial charge in [0.25, 0.3) is 0 Å². The molecule has 1 radical (unpaired) electrons. The van der Waals surface area contributed by atoms with Crippen LogP contribution in [0.2, 0.25) is 0 Å². The Balaban J connectivity index is 2.95. The summed E-state index contributed by atoms with van der Waals surface area (Å²) in [5, 5.41) is 0. The molecule has 0 heterocycles. The van der Waals surface area contributed by atoms with Crippen molar-refractivity contribution in [2.45, 2.75) is 39.8 Å². The van der Waals surface area contributed by atoms with Gasteiger partial charge in [0.2, 0.25) is 0 Å². The summed E-state index contributed by atoms with van der Waals surface area (Å²) in [6.07, 6.45) is 0. The van der Waals surface area contributed by atoms with E-state index < -0.39 is 0 Å². The van der Waals surface area contributed by atoms with Gasteiger partial charge < -0.3 is 11.5 Å². The van der Waals surface area contributed by atoms with E-state index in [1.54, 1.807) is 0 Å². The average molecular weight is 219 g/mol. The van der Waals surface area contributed by atoms with E-state index in [0.717, 1.165) is 11.1 Å². The highest BCUT2D eigenvalue weighted by Crippen LogP contribution is 2.23. The highest BCUT2D eigenvalue weighted by Gasteiger charge is 2.15. The molecule has 1 aromatic carbocycles. The fourth-order valence-electron chi connectivity index (χ4n) is 1.61. The van der Waals surface area contributed by atoms with Gasteiger partial charge in [-0.2, -0.15) is 0 Å². The first-order chi connectivity index (χ1) is 7.43. The van der Waals surface area contributed by atoms with Crippen LogP contribution in [0.1, 0.15) is 50.9 Å². The van der Waals surface area contributed by atoms with Gasteiger partial charge in [-0.1, -0.05) is 45.9 Å². The van der Waals surface area contributed by atoms with E-state index in [9.17, 15) is 0 Å². The molecular formula is C14H23N2. The van der Waals surface area contributed by atoms with Crippen LogP contribution in [0.4, 0.5) is 0 Å². The molecular weight excluding hydrogens is 196 g/mol. The molecule has 16 heavy (non-hydrogen) atoms. The quantitative estimate of drug-likeness (QED) is 0.818. The molecule has 89 valence electrons. The third-order valence-corrected chi connectivity index (χ3v) is 2.99. The minimum atomic E-state index is 0.0410. The van der Waals surface area contributed by atoms with Crippen LogP contribution in [0.3, 0.4) is 0 Å². The van der Waals surface area contributed by atoms with Crippen LogP contribution in [0, 0.1) is 17.9 Å². The molecule has 1 rings (SSSR count). The van der Waals surface area contributed by atoms with Gasteiger partial charge in [-0.3, -0.25) is 0 Å². The lowest BCUT2D eigenvalue weighted by atomic mass is 9.91. The monoisotopic (exact) mass is 219 g/mol. The van der Waals surface area contributed by atoms with Gasteiger partial charge in [-0.15, -0.1) is 0 Å². The summed E-state index contributed by atoms with van der Waals surface area (Å²) in [4.78, 5) is 0. The zero-order valence-electron chi connectivity index (χ0n) is 10.7. The molecule has 2 atom stereocenters. The Morgan fingerprint density at radius 2 is 1.25 bits per heavy atom. The zero-order chi connectivity index (χ0) is 12.3. The summed E-state index contributed by atoms with van der Waals surface area (Å²) >= 11 is 0. The number of benzene rings is 1. The molecule has 0 saturated carbocycles. The van der Waals surface area contributed by atoms with Crippen molar-refractivity contribution >= 4 is 0 Å². The Hall–Kier alpha value is -0.860. The predicted molar refractivity (Wildman–Crippen MR) is 68.8 cm³/mol. The van der Waals surface area contributed by atoms with Crippen molar-refractivity contribution < 1.29 is 0 Å². The molecule has 0 aliphatic rings. The van der Waals surface area contributed by atoms with E-state index in [1.807, 2.05) is 18.2 Å². The summed E-state index contributed by atoms with van der Waals surface area (Å²) in [6.45, 7) is 8.47. The first-order valence-electron chi connectivity index (χ1n) is 5.96. The Labute approximate surface area is 99.0 Å². The van der Waals surface area contributed by atoms with E-state index in [0.29, 0.717) is 11.8 Å². The second kappa shape index (κ2) is 5.46. The molecule has 0 aromatic heterocycles. The fraction of sp³-hybridized carbons (Fsp3) is 0.571. The Morgan fingerprint density at radius 3 is 1.56 bits per heavy atom. The van der Waals surface area contributed by atoms with Crippen molar-refractivity contribution in [2.24, 2.45) is 23.3 Å². The zero-order valence-corrected chi connectivity index (χ0v) is 10.7. The van der Waals surface area contributed by atoms with E-state index in [2.05, 4.69) is 33.8 Å². The molecule has 0 amide bonds. The summed E-state index contributed by atoms with van der Waals surface area (Å²) < 4.78 is 0. The minimum Gasteiger partial charge on any atom is -0.324 e. The van der Waals surface area contributed by atoms with Gasteiger partial charge in [0.15, 0.2) is 0 Å². The van der Waals surface area contributed by atoms with Gasteiger partial charge >= 0.3 is 0 Å². The fourth-order valence-corrected chi connectivity index (χ4v) is 1.61. The Morgan fingerprint density at radius 1 is 0.875 bits per heavy atom. The van der Waals surface area contributed by atoms with Crippen LogP contribution in [0.5, 0.6) is 0 Å².